The number of hydrogen-bond acceptors (Lipinski definition) is 3. The van der Waals surface area contributed by atoms with Crippen molar-refractivity contribution >= 4 is 56.1 Å². The van der Waals surface area contributed by atoms with E-state index in [1.165, 1.54) is 0 Å². The van der Waals surface area contributed by atoms with Crippen molar-refractivity contribution in [3.63, 3.8) is 0 Å². The molecule has 1 aromatic heterocycles. The Labute approximate surface area is 368 Å². The summed E-state index contributed by atoms with van der Waals surface area (Å²) in [6.07, 6.45) is 0. The molecule has 298 valence electrons. The molecular weight excluding hydrogens is 765 g/mol. The van der Waals surface area contributed by atoms with Crippen molar-refractivity contribution in [2.45, 2.75) is 0 Å². The highest BCUT2D eigenvalue weighted by Crippen LogP contribution is 2.52. The van der Waals surface area contributed by atoms with Crippen LogP contribution in [0, 0.1) is 0 Å². The van der Waals surface area contributed by atoms with Gasteiger partial charge in [0.2, 0.25) is 0 Å². The minimum Gasteiger partial charge on any atom is -0.456 e. The summed E-state index contributed by atoms with van der Waals surface area (Å²) in [5.74, 6) is 0. The van der Waals surface area contributed by atoms with Crippen LogP contribution in [0.25, 0.3) is 66.4 Å². The number of furan rings is 1. The summed E-state index contributed by atoms with van der Waals surface area (Å²) in [6, 6.07) is 90.8. The molecule has 0 aliphatic rings. The van der Waals surface area contributed by atoms with Crippen LogP contribution in [0.4, 0.5) is 34.1 Å². The second-order valence-corrected chi connectivity index (χ2v) is 15.6. The minimum atomic E-state index is 0.843. The largest absolute Gasteiger partial charge is 0.456 e. The maximum Gasteiger partial charge on any atom is 0.137 e. The van der Waals surface area contributed by atoms with E-state index in [-0.39, 0.29) is 0 Å². The molecule has 3 heteroatoms. The number of anilines is 6. The Hall–Kier alpha value is -8.40. The second-order valence-electron chi connectivity index (χ2n) is 15.6. The van der Waals surface area contributed by atoms with Crippen LogP contribution in [0.2, 0.25) is 0 Å². The third-order valence-electron chi connectivity index (χ3n) is 11.9. The average molecular weight is 807 g/mol. The number of benzene rings is 10. The summed E-state index contributed by atoms with van der Waals surface area (Å²) >= 11 is 0. The SMILES string of the molecule is c1ccc(-c2ccccc2N(c2ccccc2-c2ccccc2)c2ccccc2-c2ccccc2N(c2ccccc2-c2ccccc2)c2cccc3oc4ccccc4c23)cc1. The zero-order valence-electron chi connectivity index (χ0n) is 34.6. The molecule has 0 saturated heterocycles. The van der Waals surface area contributed by atoms with E-state index < -0.39 is 0 Å². The van der Waals surface area contributed by atoms with Gasteiger partial charge in [-0.15, -0.1) is 0 Å². The van der Waals surface area contributed by atoms with Gasteiger partial charge in [0.05, 0.1) is 39.5 Å². The smallest absolute Gasteiger partial charge is 0.137 e. The lowest BCUT2D eigenvalue weighted by Crippen LogP contribution is -2.15. The van der Waals surface area contributed by atoms with Gasteiger partial charge in [-0.25, -0.2) is 0 Å². The number of nitrogens with zero attached hydrogens (tertiary/aromatic N) is 2. The molecule has 3 nitrogen and oxygen atoms in total. The fourth-order valence-corrected chi connectivity index (χ4v) is 9.11. The first-order valence-electron chi connectivity index (χ1n) is 21.4. The highest BCUT2D eigenvalue weighted by atomic mass is 16.3. The molecule has 0 aliphatic carbocycles. The van der Waals surface area contributed by atoms with Crippen molar-refractivity contribution in [2.24, 2.45) is 0 Å². The van der Waals surface area contributed by atoms with Crippen molar-refractivity contribution in [3.8, 4) is 44.5 Å². The first-order valence-corrected chi connectivity index (χ1v) is 21.4. The Morgan fingerprint density at radius 3 is 0.968 bits per heavy atom. The highest BCUT2D eigenvalue weighted by Gasteiger charge is 2.27. The van der Waals surface area contributed by atoms with E-state index >= 15 is 0 Å². The zero-order chi connectivity index (χ0) is 42.0. The Morgan fingerprint density at radius 2 is 0.524 bits per heavy atom. The Kier molecular flexibility index (Phi) is 9.89. The van der Waals surface area contributed by atoms with Gasteiger partial charge in [-0.3, -0.25) is 0 Å². The molecule has 0 bridgehead atoms. The van der Waals surface area contributed by atoms with Crippen LogP contribution in [0.15, 0.2) is 259 Å². The number of hydrogen-bond donors (Lipinski definition) is 0. The van der Waals surface area contributed by atoms with E-state index in [4.69, 9.17) is 4.42 Å². The lowest BCUT2D eigenvalue weighted by molar-refractivity contribution is 0.669. The van der Waals surface area contributed by atoms with Crippen molar-refractivity contribution in [1.29, 1.82) is 0 Å². The van der Waals surface area contributed by atoms with Crippen LogP contribution in [0.5, 0.6) is 0 Å². The molecule has 0 atom stereocenters. The Balaban J connectivity index is 1.20. The minimum absolute atomic E-state index is 0.843. The predicted octanol–water partition coefficient (Wildman–Crippen LogP) is 17.2. The molecule has 0 saturated carbocycles. The number of rotatable bonds is 10. The van der Waals surface area contributed by atoms with Gasteiger partial charge in [-0.2, -0.15) is 0 Å². The van der Waals surface area contributed by atoms with Crippen LogP contribution >= 0.6 is 0 Å². The fraction of sp³-hybridized carbons (Fsp3) is 0. The van der Waals surface area contributed by atoms with E-state index in [1.807, 2.05) is 6.07 Å². The zero-order valence-corrected chi connectivity index (χ0v) is 34.6. The van der Waals surface area contributed by atoms with Gasteiger partial charge in [0, 0.05) is 33.2 Å². The van der Waals surface area contributed by atoms with Gasteiger partial charge < -0.3 is 14.2 Å². The summed E-state index contributed by atoms with van der Waals surface area (Å²) in [6.45, 7) is 0. The number of fused-ring (bicyclic) bond motifs is 3. The molecule has 0 N–H and O–H groups in total. The van der Waals surface area contributed by atoms with Gasteiger partial charge in [0.15, 0.2) is 0 Å². The summed E-state index contributed by atoms with van der Waals surface area (Å²) in [7, 11) is 0. The van der Waals surface area contributed by atoms with Crippen LogP contribution in [-0.4, -0.2) is 0 Å². The molecule has 0 spiro atoms. The van der Waals surface area contributed by atoms with Gasteiger partial charge >= 0.3 is 0 Å². The summed E-state index contributed by atoms with van der Waals surface area (Å²) in [5.41, 5.74) is 17.1. The average Bonchev–Trinajstić information content (AvgIpc) is 3.75. The standard InChI is InChI=1S/C60H42N2O/c1-4-23-43(24-5-1)46-29-10-16-35-52(46)61(53-36-17-11-30-47(53)44-25-6-2-7-26-44)55-38-19-13-32-49(55)50-33-14-20-39-56(50)62(54-37-18-12-31-48(54)45-27-8-3-9-28-45)57-40-22-42-59-60(57)51-34-15-21-41-58(51)63-59/h1-42H. The van der Waals surface area contributed by atoms with Gasteiger partial charge in [0.25, 0.3) is 0 Å². The Morgan fingerprint density at radius 1 is 0.222 bits per heavy atom. The summed E-state index contributed by atoms with van der Waals surface area (Å²) in [4.78, 5) is 4.91. The Bertz CT molecular complexity index is 3270. The van der Waals surface area contributed by atoms with E-state index in [9.17, 15) is 0 Å². The molecule has 0 amide bonds. The maximum atomic E-state index is 6.56. The lowest BCUT2D eigenvalue weighted by Gasteiger charge is -2.33. The van der Waals surface area contributed by atoms with Crippen molar-refractivity contribution in [1.82, 2.24) is 0 Å². The molecule has 0 fully saturated rings. The second kappa shape index (κ2) is 16.6. The highest BCUT2D eigenvalue weighted by molar-refractivity contribution is 6.14. The van der Waals surface area contributed by atoms with Gasteiger partial charge in [0.1, 0.15) is 11.2 Å². The lowest BCUT2D eigenvalue weighted by atomic mass is 9.95. The normalized spacial score (nSPS) is 11.2. The van der Waals surface area contributed by atoms with E-state index in [0.29, 0.717) is 0 Å². The van der Waals surface area contributed by atoms with Crippen molar-refractivity contribution in [3.05, 3.63) is 255 Å². The van der Waals surface area contributed by atoms with Crippen molar-refractivity contribution in [2.75, 3.05) is 9.80 Å². The maximum absolute atomic E-state index is 6.56. The van der Waals surface area contributed by atoms with Crippen LogP contribution in [-0.2, 0) is 0 Å². The van der Waals surface area contributed by atoms with E-state index in [1.54, 1.807) is 0 Å². The molecule has 1 heterocycles. The monoisotopic (exact) mass is 806 g/mol. The van der Waals surface area contributed by atoms with E-state index in [2.05, 4.69) is 259 Å². The quantitative estimate of drug-likeness (QED) is 0.137. The van der Waals surface area contributed by atoms with Crippen molar-refractivity contribution < 1.29 is 4.42 Å². The molecule has 63 heavy (non-hydrogen) atoms. The molecule has 0 radical (unpaired) electrons. The predicted molar refractivity (Wildman–Crippen MR) is 265 cm³/mol. The van der Waals surface area contributed by atoms with Crippen LogP contribution in [0.3, 0.4) is 0 Å². The molecule has 0 aliphatic heterocycles. The first-order chi connectivity index (χ1) is 31.3. The topological polar surface area (TPSA) is 19.6 Å². The molecule has 11 rings (SSSR count). The molecule has 11 aromatic rings. The third kappa shape index (κ3) is 6.92. The number of para-hydroxylation sites is 6. The molecule has 10 aromatic carbocycles. The summed E-state index contributed by atoms with van der Waals surface area (Å²) < 4.78 is 6.56. The molecular formula is C60H42N2O. The van der Waals surface area contributed by atoms with Crippen LogP contribution < -0.4 is 9.80 Å². The van der Waals surface area contributed by atoms with Gasteiger partial charge in [-0.1, -0.05) is 206 Å². The first kappa shape index (κ1) is 37.6. The van der Waals surface area contributed by atoms with E-state index in [0.717, 1.165) is 101 Å². The third-order valence-corrected chi connectivity index (χ3v) is 11.9. The van der Waals surface area contributed by atoms with Gasteiger partial charge in [-0.05, 0) is 65.2 Å². The summed E-state index contributed by atoms with van der Waals surface area (Å²) in [5, 5.41) is 2.14. The van der Waals surface area contributed by atoms with Crippen LogP contribution in [0.1, 0.15) is 0 Å². The molecule has 0 unspecified atom stereocenters. The fourth-order valence-electron chi connectivity index (χ4n) is 9.11.